The molecule has 1 aromatic heterocycles. The number of amides is 1. The molecule has 0 saturated carbocycles. The predicted molar refractivity (Wildman–Crippen MR) is 92.8 cm³/mol. The summed E-state index contributed by atoms with van der Waals surface area (Å²) in [6.07, 6.45) is 4.36. The Kier molecular flexibility index (Phi) is 7.61. The fourth-order valence-electron chi connectivity index (χ4n) is 2.05. The molecule has 0 aliphatic heterocycles. The molecule has 1 amide bonds. The van der Waals surface area contributed by atoms with Crippen LogP contribution in [0.3, 0.4) is 0 Å². The second-order valence-electron chi connectivity index (χ2n) is 5.31. The Labute approximate surface area is 145 Å². The van der Waals surface area contributed by atoms with Crippen LogP contribution in [0.15, 0.2) is 33.9 Å². The Morgan fingerprint density at radius 2 is 2.08 bits per heavy atom. The van der Waals surface area contributed by atoms with Crippen molar-refractivity contribution in [3.05, 3.63) is 24.3 Å². The largest absolute Gasteiger partial charge is 0.455 e. The van der Waals surface area contributed by atoms with Crippen molar-refractivity contribution in [1.82, 2.24) is 10.3 Å². The number of benzene rings is 1. The van der Waals surface area contributed by atoms with Crippen molar-refractivity contribution in [2.75, 3.05) is 18.9 Å². The zero-order valence-corrected chi connectivity index (χ0v) is 14.6. The third-order valence-corrected chi connectivity index (χ3v) is 4.11. The van der Waals surface area contributed by atoms with Crippen molar-refractivity contribution >= 4 is 34.7 Å². The molecule has 1 N–H and O–H groups in total. The number of nitrogens with zero attached hydrogens (tertiary/aromatic N) is 1. The number of rotatable bonds is 10. The lowest BCUT2D eigenvalue weighted by Gasteiger charge is -2.05. The minimum absolute atomic E-state index is 0.0522. The Bertz CT molecular complexity index is 638. The first kappa shape index (κ1) is 18.3. The highest BCUT2D eigenvalue weighted by molar-refractivity contribution is 7.99. The monoisotopic (exact) mass is 350 g/mol. The number of para-hydroxylation sites is 2. The Balaban J connectivity index is 1.61. The molecular weight excluding hydrogens is 328 g/mol. The molecule has 7 heteroatoms. The van der Waals surface area contributed by atoms with Gasteiger partial charge in [-0.2, -0.15) is 0 Å². The number of fused-ring (bicyclic) bond motifs is 1. The lowest BCUT2D eigenvalue weighted by Crippen LogP contribution is -2.29. The number of unbranched alkanes of at least 4 members (excludes halogenated alkanes) is 3. The SMILES string of the molecule is CCCCCCNC(=O)COC(=O)CSc1nc2ccccc2o1. The summed E-state index contributed by atoms with van der Waals surface area (Å²) in [6.45, 7) is 2.51. The van der Waals surface area contributed by atoms with Crippen LogP contribution in [0.2, 0.25) is 0 Å². The minimum Gasteiger partial charge on any atom is -0.455 e. The van der Waals surface area contributed by atoms with Crippen LogP contribution >= 0.6 is 11.8 Å². The van der Waals surface area contributed by atoms with Crippen LogP contribution in [0, 0.1) is 0 Å². The van der Waals surface area contributed by atoms with E-state index in [1.165, 1.54) is 0 Å². The summed E-state index contributed by atoms with van der Waals surface area (Å²) in [5.74, 6) is -0.688. The number of ether oxygens (including phenoxy) is 1. The number of nitrogens with one attached hydrogen (secondary N) is 1. The summed E-state index contributed by atoms with van der Waals surface area (Å²) >= 11 is 1.15. The molecular formula is C17H22N2O4S. The smallest absolute Gasteiger partial charge is 0.316 e. The first-order chi connectivity index (χ1) is 11.7. The van der Waals surface area contributed by atoms with Crippen LogP contribution in [-0.2, 0) is 14.3 Å². The van der Waals surface area contributed by atoms with E-state index in [9.17, 15) is 9.59 Å². The van der Waals surface area contributed by atoms with E-state index in [-0.39, 0.29) is 18.3 Å². The fraction of sp³-hybridized carbons (Fsp3) is 0.471. The topological polar surface area (TPSA) is 81.4 Å². The van der Waals surface area contributed by atoms with Crippen molar-refractivity contribution in [2.45, 2.75) is 37.8 Å². The highest BCUT2D eigenvalue weighted by Crippen LogP contribution is 2.22. The van der Waals surface area contributed by atoms with Gasteiger partial charge in [0.05, 0.1) is 0 Å². The first-order valence-corrected chi connectivity index (χ1v) is 9.08. The maximum Gasteiger partial charge on any atom is 0.316 e. The second kappa shape index (κ2) is 9.97. The number of hydrogen-bond acceptors (Lipinski definition) is 6. The molecule has 2 aromatic rings. The average molecular weight is 350 g/mol. The molecule has 0 unspecified atom stereocenters. The molecule has 24 heavy (non-hydrogen) atoms. The van der Waals surface area contributed by atoms with Gasteiger partial charge in [0.15, 0.2) is 12.2 Å². The highest BCUT2D eigenvalue weighted by Gasteiger charge is 2.11. The summed E-state index contributed by atoms with van der Waals surface area (Å²) in [5.41, 5.74) is 1.42. The third kappa shape index (κ3) is 6.23. The molecule has 0 aliphatic carbocycles. The van der Waals surface area contributed by atoms with E-state index in [0.717, 1.165) is 43.0 Å². The van der Waals surface area contributed by atoms with E-state index >= 15 is 0 Å². The van der Waals surface area contributed by atoms with Gasteiger partial charge in [-0.1, -0.05) is 50.1 Å². The quantitative estimate of drug-likeness (QED) is 0.403. The van der Waals surface area contributed by atoms with Gasteiger partial charge in [-0.05, 0) is 18.6 Å². The van der Waals surface area contributed by atoms with Gasteiger partial charge in [-0.15, -0.1) is 0 Å². The van der Waals surface area contributed by atoms with Crippen LogP contribution in [0.1, 0.15) is 32.6 Å². The standard InChI is InChI=1S/C17H22N2O4S/c1-2-3-4-7-10-18-15(20)11-22-16(21)12-24-17-19-13-8-5-6-9-14(13)23-17/h5-6,8-9H,2-4,7,10-12H2,1H3,(H,18,20). The van der Waals surface area contributed by atoms with Crippen molar-refractivity contribution in [1.29, 1.82) is 0 Å². The third-order valence-electron chi connectivity index (χ3n) is 3.30. The molecule has 0 atom stereocenters. The van der Waals surface area contributed by atoms with Crippen molar-refractivity contribution in [2.24, 2.45) is 0 Å². The number of thioether (sulfide) groups is 1. The number of hydrogen-bond donors (Lipinski definition) is 1. The molecule has 2 rings (SSSR count). The van der Waals surface area contributed by atoms with E-state index in [1.54, 1.807) is 0 Å². The molecule has 1 aromatic carbocycles. The predicted octanol–water partition coefficient (Wildman–Crippen LogP) is 3.16. The summed E-state index contributed by atoms with van der Waals surface area (Å²) < 4.78 is 10.4. The van der Waals surface area contributed by atoms with Crippen molar-refractivity contribution in [3.63, 3.8) is 0 Å². The van der Waals surface area contributed by atoms with Gasteiger partial charge in [-0.25, -0.2) is 4.98 Å². The number of aromatic nitrogens is 1. The van der Waals surface area contributed by atoms with E-state index in [1.807, 2.05) is 24.3 Å². The Hall–Kier alpha value is -2.02. The molecule has 0 radical (unpaired) electrons. The Morgan fingerprint density at radius 1 is 1.25 bits per heavy atom. The van der Waals surface area contributed by atoms with Crippen LogP contribution in [0.5, 0.6) is 0 Å². The summed E-state index contributed by atoms with van der Waals surface area (Å²) in [7, 11) is 0. The summed E-state index contributed by atoms with van der Waals surface area (Å²) in [5, 5.41) is 3.15. The molecule has 1 heterocycles. The van der Waals surface area contributed by atoms with Crippen LogP contribution < -0.4 is 5.32 Å². The molecule has 6 nitrogen and oxygen atoms in total. The second-order valence-corrected chi connectivity index (χ2v) is 6.23. The number of oxazole rings is 1. The lowest BCUT2D eigenvalue weighted by atomic mass is 10.2. The maximum atomic E-state index is 11.7. The minimum atomic E-state index is -0.469. The van der Waals surface area contributed by atoms with Gasteiger partial charge in [0.25, 0.3) is 11.1 Å². The normalized spacial score (nSPS) is 10.7. The van der Waals surface area contributed by atoms with E-state index in [0.29, 0.717) is 17.4 Å². The first-order valence-electron chi connectivity index (χ1n) is 8.09. The van der Waals surface area contributed by atoms with Gasteiger partial charge < -0.3 is 14.5 Å². The zero-order chi connectivity index (χ0) is 17.2. The fourth-order valence-corrected chi connectivity index (χ4v) is 2.69. The van der Waals surface area contributed by atoms with E-state index in [4.69, 9.17) is 9.15 Å². The van der Waals surface area contributed by atoms with Gasteiger partial charge in [-0.3, -0.25) is 9.59 Å². The van der Waals surface area contributed by atoms with E-state index in [2.05, 4.69) is 17.2 Å². The van der Waals surface area contributed by atoms with Crippen LogP contribution in [0.4, 0.5) is 0 Å². The Morgan fingerprint density at radius 3 is 2.88 bits per heavy atom. The molecule has 0 spiro atoms. The average Bonchev–Trinajstić information content (AvgIpc) is 3.01. The van der Waals surface area contributed by atoms with Crippen molar-refractivity contribution < 1.29 is 18.7 Å². The van der Waals surface area contributed by atoms with Crippen molar-refractivity contribution in [3.8, 4) is 0 Å². The summed E-state index contributed by atoms with van der Waals surface area (Å²) in [4.78, 5) is 27.5. The summed E-state index contributed by atoms with van der Waals surface area (Å²) in [6, 6.07) is 7.38. The number of carbonyl (C=O) groups is 2. The van der Waals surface area contributed by atoms with Crippen LogP contribution in [-0.4, -0.2) is 35.8 Å². The number of esters is 1. The molecule has 0 saturated heterocycles. The molecule has 0 fully saturated rings. The maximum absolute atomic E-state index is 11.7. The lowest BCUT2D eigenvalue weighted by molar-refractivity contribution is -0.145. The van der Waals surface area contributed by atoms with Gasteiger partial charge >= 0.3 is 5.97 Å². The highest BCUT2D eigenvalue weighted by atomic mass is 32.2. The number of carbonyl (C=O) groups excluding carboxylic acids is 2. The van der Waals surface area contributed by atoms with Gasteiger partial charge in [0.1, 0.15) is 11.3 Å². The molecule has 0 bridgehead atoms. The van der Waals surface area contributed by atoms with Crippen LogP contribution in [0.25, 0.3) is 11.1 Å². The molecule has 0 aliphatic rings. The van der Waals surface area contributed by atoms with Gasteiger partial charge in [0, 0.05) is 6.54 Å². The zero-order valence-electron chi connectivity index (χ0n) is 13.7. The molecule has 130 valence electrons. The van der Waals surface area contributed by atoms with Gasteiger partial charge in [0.2, 0.25) is 0 Å². The van der Waals surface area contributed by atoms with E-state index < -0.39 is 5.97 Å².